The Balaban J connectivity index is 1.92. The van der Waals surface area contributed by atoms with E-state index in [9.17, 15) is 19.5 Å². The van der Waals surface area contributed by atoms with Crippen molar-refractivity contribution in [1.82, 2.24) is 9.80 Å². The number of amides is 3. The molecule has 2 bridgehead atoms. The van der Waals surface area contributed by atoms with Gasteiger partial charge >= 0.3 is 0 Å². The van der Waals surface area contributed by atoms with Gasteiger partial charge in [-0.1, -0.05) is 51.5 Å². The maximum atomic E-state index is 14.9. The fraction of sp³-hybridized carbons (Fsp3) is 0.606. The number of aliphatic hydroxyl groups excluding tert-OH is 1. The summed E-state index contributed by atoms with van der Waals surface area (Å²) in [7, 11) is 1.72. The molecule has 0 radical (unpaired) electrons. The van der Waals surface area contributed by atoms with E-state index in [0.717, 1.165) is 16.8 Å². The number of anilines is 1. The predicted molar refractivity (Wildman–Crippen MR) is 160 cm³/mol. The zero-order valence-electron chi connectivity index (χ0n) is 25.6. The molecule has 0 aliphatic carbocycles. The molecule has 1 N–H and O–H groups in total. The summed E-state index contributed by atoms with van der Waals surface area (Å²) in [6.45, 7) is 17.9. The topological polar surface area (TPSA) is 90.4 Å². The Labute approximate surface area is 245 Å². The van der Waals surface area contributed by atoms with E-state index in [1.807, 2.05) is 52.8 Å². The second-order valence-electron chi connectivity index (χ2n) is 12.2. The Morgan fingerprint density at radius 1 is 1.17 bits per heavy atom. The van der Waals surface area contributed by atoms with Gasteiger partial charge in [-0.05, 0) is 56.2 Å². The number of carbonyl (C=O) groups is 3. The molecule has 3 aliphatic rings. The molecule has 3 fully saturated rings. The average molecular weight is 566 g/mol. The van der Waals surface area contributed by atoms with Crippen molar-refractivity contribution >= 4 is 23.4 Å². The van der Waals surface area contributed by atoms with Crippen molar-refractivity contribution < 1.29 is 24.2 Å². The lowest BCUT2D eigenvalue weighted by molar-refractivity contribution is -0.154. The Kier molecular flexibility index (Phi) is 8.86. The minimum absolute atomic E-state index is 0.0713. The van der Waals surface area contributed by atoms with Crippen LogP contribution in [-0.2, 0) is 19.1 Å². The van der Waals surface area contributed by atoms with Crippen LogP contribution in [0.3, 0.4) is 0 Å². The van der Waals surface area contributed by atoms with E-state index in [4.69, 9.17) is 4.74 Å². The molecule has 224 valence electrons. The maximum absolute atomic E-state index is 14.9. The fourth-order valence-corrected chi connectivity index (χ4v) is 7.60. The van der Waals surface area contributed by atoms with Crippen molar-refractivity contribution in [2.75, 3.05) is 31.6 Å². The zero-order chi connectivity index (χ0) is 30.3. The Morgan fingerprint density at radius 2 is 1.85 bits per heavy atom. The molecule has 0 aromatic heterocycles. The molecule has 0 saturated carbocycles. The minimum atomic E-state index is -1.17. The molecule has 41 heavy (non-hydrogen) atoms. The fourth-order valence-electron chi connectivity index (χ4n) is 7.60. The highest BCUT2D eigenvalue weighted by Gasteiger charge is 2.79. The standard InChI is InChI=1S/C33H47N3O5/c1-9-17-34(8)29(38)26-27-30(39)36(25(20-37)22(6)11-3)28(33(27)16-15-32(26,12-4)41-33)31(40)35(18-10-2)24-19-21(5)13-14-23(24)7/h9-10,13-14,19,22,25-28,37H,1-2,11-12,15-18,20H2,3-8H3/t22-,25-,26-,27-,28?,32+,33?/m0/s1. The van der Waals surface area contributed by atoms with E-state index in [1.54, 1.807) is 33.9 Å². The molecular weight excluding hydrogens is 518 g/mol. The van der Waals surface area contributed by atoms with Crippen molar-refractivity contribution in [3.8, 4) is 0 Å². The van der Waals surface area contributed by atoms with Gasteiger partial charge in [0.1, 0.15) is 11.6 Å². The molecule has 3 aliphatic heterocycles. The van der Waals surface area contributed by atoms with E-state index in [1.165, 1.54) is 0 Å². The molecule has 7 atom stereocenters. The molecule has 1 aromatic carbocycles. The number of ether oxygens (including phenoxy) is 1. The molecular formula is C33H47N3O5. The smallest absolute Gasteiger partial charge is 0.253 e. The highest BCUT2D eigenvalue weighted by molar-refractivity contribution is 6.05. The number of nitrogens with zero attached hydrogens (tertiary/aromatic N) is 3. The molecule has 1 spiro atoms. The number of fused-ring (bicyclic) bond motifs is 1. The average Bonchev–Trinajstić information content (AvgIpc) is 3.56. The van der Waals surface area contributed by atoms with Crippen LogP contribution < -0.4 is 4.90 Å². The summed E-state index contributed by atoms with van der Waals surface area (Å²) in [4.78, 5) is 48.5. The molecule has 3 saturated heterocycles. The second kappa shape index (κ2) is 11.7. The highest BCUT2D eigenvalue weighted by atomic mass is 16.5. The summed E-state index contributed by atoms with van der Waals surface area (Å²) in [5.41, 5.74) is 0.692. The van der Waals surface area contributed by atoms with Crippen molar-refractivity contribution in [2.45, 2.75) is 83.6 Å². The first-order chi connectivity index (χ1) is 19.5. The number of likely N-dealkylation sites (N-methyl/N-ethyl adjacent to an activating group) is 1. The van der Waals surface area contributed by atoms with Gasteiger partial charge in [-0.2, -0.15) is 0 Å². The van der Waals surface area contributed by atoms with Crippen LogP contribution in [-0.4, -0.2) is 82.7 Å². The molecule has 3 heterocycles. The van der Waals surface area contributed by atoms with Crippen molar-refractivity contribution in [3.05, 3.63) is 54.6 Å². The zero-order valence-corrected chi connectivity index (χ0v) is 25.6. The third-order valence-electron chi connectivity index (χ3n) is 9.98. The van der Waals surface area contributed by atoms with Gasteiger partial charge in [0.05, 0.1) is 30.1 Å². The molecule has 8 nitrogen and oxygen atoms in total. The number of aryl methyl sites for hydroxylation is 2. The van der Waals surface area contributed by atoms with Crippen LogP contribution in [0, 0.1) is 31.6 Å². The second-order valence-corrected chi connectivity index (χ2v) is 12.2. The van der Waals surface area contributed by atoms with Gasteiger partial charge in [0.2, 0.25) is 11.8 Å². The maximum Gasteiger partial charge on any atom is 0.253 e. The monoisotopic (exact) mass is 565 g/mol. The van der Waals surface area contributed by atoms with E-state index in [-0.39, 0.29) is 36.8 Å². The van der Waals surface area contributed by atoms with Gasteiger partial charge in [-0.15, -0.1) is 13.2 Å². The number of hydrogen-bond donors (Lipinski definition) is 1. The summed E-state index contributed by atoms with van der Waals surface area (Å²) in [6.07, 6.45) is 5.70. The third kappa shape index (κ3) is 4.73. The van der Waals surface area contributed by atoms with Crippen LogP contribution in [0.4, 0.5) is 5.69 Å². The summed E-state index contributed by atoms with van der Waals surface area (Å²) in [5, 5.41) is 10.6. The first kappa shape index (κ1) is 31.0. The third-order valence-corrected chi connectivity index (χ3v) is 9.98. The summed E-state index contributed by atoms with van der Waals surface area (Å²) in [5.74, 6) is -2.31. The van der Waals surface area contributed by atoms with Crippen LogP contribution in [0.5, 0.6) is 0 Å². The van der Waals surface area contributed by atoms with E-state index in [0.29, 0.717) is 32.2 Å². The number of benzene rings is 1. The van der Waals surface area contributed by atoms with Crippen molar-refractivity contribution in [3.63, 3.8) is 0 Å². The van der Waals surface area contributed by atoms with Gasteiger partial charge in [0, 0.05) is 25.8 Å². The van der Waals surface area contributed by atoms with Gasteiger partial charge in [0.25, 0.3) is 5.91 Å². The summed E-state index contributed by atoms with van der Waals surface area (Å²) in [6, 6.07) is 4.39. The first-order valence-corrected chi connectivity index (χ1v) is 15.0. The van der Waals surface area contributed by atoms with Crippen LogP contribution in [0.1, 0.15) is 57.6 Å². The van der Waals surface area contributed by atoms with Gasteiger partial charge in [0.15, 0.2) is 0 Å². The molecule has 8 heteroatoms. The van der Waals surface area contributed by atoms with Gasteiger partial charge in [-0.25, -0.2) is 0 Å². The lowest BCUT2D eigenvalue weighted by atomic mass is 9.64. The predicted octanol–water partition coefficient (Wildman–Crippen LogP) is 4.03. The Bertz CT molecular complexity index is 1220. The molecule has 3 amide bonds. The Hall–Kier alpha value is -2.97. The lowest BCUT2D eigenvalue weighted by Gasteiger charge is -2.41. The summed E-state index contributed by atoms with van der Waals surface area (Å²) >= 11 is 0. The summed E-state index contributed by atoms with van der Waals surface area (Å²) < 4.78 is 6.95. The quantitative estimate of drug-likeness (QED) is 0.387. The van der Waals surface area contributed by atoms with Crippen LogP contribution in [0.15, 0.2) is 43.5 Å². The van der Waals surface area contributed by atoms with Crippen LogP contribution >= 0.6 is 0 Å². The van der Waals surface area contributed by atoms with E-state index in [2.05, 4.69) is 13.2 Å². The number of likely N-dealkylation sites (tertiary alicyclic amines) is 1. The highest BCUT2D eigenvalue weighted by Crippen LogP contribution is 2.65. The van der Waals surface area contributed by atoms with Crippen LogP contribution in [0.25, 0.3) is 0 Å². The SMILES string of the molecule is C=CCN(C)C(=O)[C@@H]1[C@H]2C(=O)N([C@@H](CO)[C@@H](C)CC)C(C(=O)N(CC=C)c3cc(C)ccc3C)C23CC[C@@]1(CC)O3. The van der Waals surface area contributed by atoms with Crippen LogP contribution in [0.2, 0.25) is 0 Å². The van der Waals surface area contributed by atoms with Gasteiger partial charge < -0.3 is 24.5 Å². The molecule has 2 unspecified atom stereocenters. The molecule has 1 aromatic rings. The largest absolute Gasteiger partial charge is 0.394 e. The van der Waals surface area contributed by atoms with E-state index < -0.39 is 35.1 Å². The molecule has 4 rings (SSSR count). The Morgan fingerprint density at radius 3 is 2.44 bits per heavy atom. The van der Waals surface area contributed by atoms with Gasteiger partial charge in [-0.3, -0.25) is 14.4 Å². The van der Waals surface area contributed by atoms with E-state index >= 15 is 0 Å². The van der Waals surface area contributed by atoms with Crippen molar-refractivity contribution in [1.29, 1.82) is 0 Å². The normalized spacial score (nSPS) is 29.7. The minimum Gasteiger partial charge on any atom is -0.394 e. The number of aliphatic hydroxyl groups is 1. The number of rotatable bonds is 12. The first-order valence-electron chi connectivity index (χ1n) is 15.0. The number of carbonyl (C=O) groups excluding carboxylic acids is 3. The number of hydrogen-bond acceptors (Lipinski definition) is 5. The lowest BCUT2D eigenvalue weighted by Crippen LogP contribution is -2.60. The van der Waals surface area contributed by atoms with Crippen molar-refractivity contribution in [2.24, 2.45) is 17.8 Å².